The van der Waals surface area contributed by atoms with Gasteiger partial charge in [-0.1, -0.05) is 42.7 Å². The van der Waals surface area contributed by atoms with Crippen molar-refractivity contribution < 1.29 is 5.11 Å². The van der Waals surface area contributed by atoms with Gasteiger partial charge in [0.2, 0.25) is 0 Å². The Labute approximate surface area is 150 Å². The molecule has 2 nitrogen and oxygen atoms in total. The summed E-state index contributed by atoms with van der Waals surface area (Å²) < 4.78 is 3.52. The maximum atomic E-state index is 8.82. The van der Waals surface area contributed by atoms with Gasteiger partial charge < -0.3 is 9.83 Å². The quantitative estimate of drug-likeness (QED) is 0.444. The van der Waals surface area contributed by atoms with Crippen molar-refractivity contribution in [2.24, 2.45) is 0 Å². The zero-order chi connectivity index (χ0) is 17.4. The normalized spacial score (nSPS) is 10.8. The van der Waals surface area contributed by atoms with Crippen LogP contribution in [0.2, 0.25) is 0 Å². The van der Waals surface area contributed by atoms with E-state index in [9.17, 15) is 0 Å². The number of anilines is 1. The molecule has 0 amide bonds. The molecule has 24 heavy (non-hydrogen) atoms. The number of aryl methyl sites for hydroxylation is 4. The number of unbranched alkanes of at least 4 members (excludes halogenated alkanes) is 3. The van der Waals surface area contributed by atoms with Crippen molar-refractivity contribution in [1.29, 1.82) is 0 Å². The topological polar surface area (TPSA) is 32.3 Å². The van der Waals surface area contributed by atoms with E-state index in [0.29, 0.717) is 6.61 Å². The molecule has 130 valence electrons. The van der Waals surface area contributed by atoms with E-state index in [-0.39, 0.29) is 0 Å². The lowest BCUT2D eigenvalue weighted by atomic mass is 10.1. The fourth-order valence-electron chi connectivity index (χ4n) is 3.01. The van der Waals surface area contributed by atoms with Gasteiger partial charge >= 0.3 is 0 Å². The standard InChI is InChI=1S/C21H29NOS/c1-16-13-17(2)21(18(3)14-16)22-24-20-11-8-10-19(15-20)9-6-4-5-7-12-23/h8,10-11,13-15,22-23H,4-7,9,12H2,1-3H3. The summed E-state index contributed by atoms with van der Waals surface area (Å²) in [6.07, 6.45) is 5.55. The van der Waals surface area contributed by atoms with Crippen molar-refractivity contribution >= 4 is 17.6 Å². The molecule has 0 saturated carbocycles. The number of rotatable bonds is 9. The smallest absolute Gasteiger partial charge is 0.0502 e. The minimum Gasteiger partial charge on any atom is -0.396 e. The van der Waals surface area contributed by atoms with Gasteiger partial charge in [0.15, 0.2) is 0 Å². The van der Waals surface area contributed by atoms with Crippen LogP contribution in [0.1, 0.15) is 47.9 Å². The maximum Gasteiger partial charge on any atom is 0.0502 e. The van der Waals surface area contributed by atoms with Crippen molar-refractivity contribution in [3.05, 3.63) is 58.7 Å². The Bertz CT molecular complexity index is 631. The first kappa shape index (κ1) is 18.9. The minimum atomic E-state index is 0.315. The van der Waals surface area contributed by atoms with Crippen LogP contribution in [0, 0.1) is 20.8 Å². The van der Waals surface area contributed by atoms with Crippen LogP contribution >= 0.6 is 11.9 Å². The van der Waals surface area contributed by atoms with E-state index in [0.717, 1.165) is 19.3 Å². The van der Waals surface area contributed by atoms with Gasteiger partial charge in [-0.3, -0.25) is 0 Å². The molecule has 0 aliphatic heterocycles. The third kappa shape index (κ3) is 5.88. The highest BCUT2D eigenvalue weighted by molar-refractivity contribution is 8.00. The largest absolute Gasteiger partial charge is 0.396 e. The molecule has 0 fully saturated rings. The summed E-state index contributed by atoms with van der Waals surface area (Å²) in [6, 6.07) is 13.2. The highest BCUT2D eigenvalue weighted by Crippen LogP contribution is 2.28. The number of hydrogen-bond acceptors (Lipinski definition) is 3. The predicted octanol–water partition coefficient (Wildman–Crippen LogP) is 5.83. The fraction of sp³-hybridized carbons (Fsp3) is 0.429. The first-order valence-electron chi connectivity index (χ1n) is 8.80. The predicted molar refractivity (Wildman–Crippen MR) is 106 cm³/mol. The Morgan fingerprint density at radius 3 is 2.33 bits per heavy atom. The molecule has 2 N–H and O–H groups in total. The number of aliphatic hydroxyl groups excluding tert-OH is 1. The Balaban J connectivity index is 1.90. The van der Waals surface area contributed by atoms with Gasteiger partial charge in [0.25, 0.3) is 0 Å². The van der Waals surface area contributed by atoms with E-state index in [4.69, 9.17) is 5.11 Å². The number of aliphatic hydroxyl groups is 1. The first-order chi connectivity index (χ1) is 11.6. The molecule has 0 heterocycles. The molecule has 0 atom stereocenters. The SMILES string of the molecule is Cc1cc(C)c(NSc2cccc(CCCCCCO)c2)c(C)c1. The summed E-state index contributed by atoms with van der Waals surface area (Å²) in [4.78, 5) is 1.25. The van der Waals surface area contributed by atoms with Crippen LogP contribution in [0.5, 0.6) is 0 Å². The summed E-state index contributed by atoms with van der Waals surface area (Å²) >= 11 is 1.69. The zero-order valence-electron chi connectivity index (χ0n) is 15.1. The molecule has 2 aromatic rings. The molecule has 0 radical (unpaired) electrons. The number of benzene rings is 2. The molecular weight excluding hydrogens is 314 g/mol. The van der Waals surface area contributed by atoms with Crippen molar-refractivity contribution in [3.63, 3.8) is 0 Å². The van der Waals surface area contributed by atoms with Crippen molar-refractivity contribution in [2.45, 2.75) is 57.8 Å². The Morgan fingerprint density at radius 2 is 1.62 bits per heavy atom. The Hall–Kier alpha value is -1.45. The molecule has 0 bridgehead atoms. The van der Waals surface area contributed by atoms with Crippen LogP contribution in [0.4, 0.5) is 5.69 Å². The van der Waals surface area contributed by atoms with Crippen LogP contribution in [-0.2, 0) is 6.42 Å². The van der Waals surface area contributed by atoms with Crippen molar-refractivity contribution in [1.82, 2.24) is 0 Å². The van der Waals surface area contributed by atoms with Gasteiger partial charge in [-0.2, -0.15) is 0 Å². The lowest BCUT2D eigenvalue weighted by Crippen LogP contribution is -1.95. The molecule has 0 saturated heterocycles. The summed E-state index contributed by atoms with van der Waals surface area (Å²) in [6.45, 7) is 6.77. The van der Waals surface area contributed by atoms with Gasteiger partial charge in [0.05, 0.1) is 5.69 Å². The number of hydrogen-bond donors (Lipinski definition) is 2. The summed E-state index contributed by atoms with van der Waals surface area (Å²) in [7, 11) is 0. The van der Waals surface area contributed by atoms with Crippen LogP contribution in [0.25, 0.3) is 0 Å². The lowest BCUT2D eigenvalue weighted by Gasteiger charge is -2.13. The average Bonchev–Trinajstić information content (AvgIpc) is 2.54. The van der Waals surface area contributed by atoms with Gasteiger partial charge in [0.1, 0.15) is 0 Å². The van der Waals surface area contributed by atoms with E-state index >= 15 is 0 Å². The highest BCUT2D eigenvalue weighted by Gasteiger charge is 2.05. The fourth-order valence-corrected chi connectivity index (χ4v) is 3.91. The molecule has 0 aromatic heterocycles. The van der Waals surface area contributed by atoms with Crippen molar-refractivity contribution in [2.75, 3.05) is 11.3 Å². The summed E-state index contributed by atoms with van der Waals surface area (Å²) in [5, 5.41) is 8.82. The molecule has 0 aliphatic carbocycles. The van der Waals surface area contributed by atoms with Crippen molar-refractivity contribution in [3.8, 4) is 0 Å². The monoisotopic (exact) mass is 343 g/mol. The van der Waals surface area contributed by atoms with Gasteiger partial charge in [-0.05, 0) is 80.8 Å². The average molecular weight is 344 g/mol. The van der Waals surface area contributed by atoms with Crippen LogP contribution in [0.3, 0.4) is 0 Å². The minimum absolute atomic E-state index is 0.315. The molecule has 2 aromatic carbocycles. The number of nitrogens with one attached hydrogen (secondary N) is 1. The Morgan fingerprint density at radius 1 is 0.917 bits per heavy atom. The maximum absolute atomic E-state index is 8.82. The zero-order valence-corrected chi connectivity index (χ0v) is 15.9. The van der Waals surface area contributed by atoms with Crippen LogP contribution in [0.15, 0.2) is 41.3 Å². The highest BCUT2D eigenvalue weighted by atomic mass is 32.2. The third-order valence-corrected chi connectivity index (χ3v) is 5.02. The van der Waals surface area contributed by atoms with Gasteiger partial charge in [0, 0.05) is 11.5 Å². The van der Waals surface area contributed by atoms with Gasteiger partial charge in [-0.25, -0.2) is 0 Å². The lowest BCUT2D eigenvalue weighted by molar-refractivity contribution is 0.282. The van der Waals surface area contributed by atoms with Crippen LogP contribution < -0.4 is 4.72 Å². The van der Waals surface area contributed by atoms with Gasteiger partial charge in [-0.15, -0.1) is 0 Å². The molecular formula is C21H29NOS. The second kappa shape index (κ2) is 9.75. The van der Waals surface area contributed by atoms with E-state index in [2.05, 4.69) is 61.9 Å². The second-order valence-electron chi connectivity index (χ2n) is 6.51. The van der Waals surface area contributed by atoms with E-state index < -0.39 is 0 Å². The first-order valence-corrected chi connectivity index (χ1v) is 9.62. The molecule has 3 heteroatoms. The molecule has 0 spiro atoms. The van der Waals surface area contributed by atoms with E-state index in [1.54, 1.807) is 11.9 Å². The second-order valence-corrected chi connectivity index (χ2v) is 7.39. The van der Waals surface area contributed by atoms with E-state index in [1.807, 2.05) is 0 Å². The third-order valence-electron chi connectivity index (χ3n) is 4.22. The molecule has 2 rings (SSSR count). The van der Waals surface area contributed by atoms with Crippen LogP contribution in [-0.4, -0.2) is 11.7 Å². The summed E-state index contributed by atoms with van der Waals surface area (Å²) in [5.41, 5.74) is 6.51. The molecule has 0 aliphatic rings. The van der Waals surface area contributed by atoms with E-state index in [1.165, 1.54) is 45.7 Å². The Kier molecular flexibility index (Phi) is 7.67. The summed E-state index contributed by atoms with van der Waals surface area (Å²) in [5.74, 6) is 0. The molecule has 0 unspecified atom stereocenters.